The van der Waals surface area contributed by atoms with Gasteiger partial charge >= 0.3 is 0 Å². The Labute approximate surface area is 86.8 Å². The predicted molar refractivity (Wildman–Crippen MR) is 57.4 cm³/mol. The first kappa shape index (κ1) is 10.4. The Kier molecular flexibility index (Phi) is 3.10. The lowest BCUT2D eigenvalue weighted by atomic mass is 9.86. The van der Waals surface area contributed by atoms with Crippen LogP contribution in [0.25, 0.3) is 0 Å². The van der Waals surface area contributed by atoms with E-state index in [1.165, 1.54) is 25.8 Å². The van der Waals surface area contributed by atoms with Gasteiger partial charge < -0.3 is 15.0 Å². The molecule has 0 aromatic rings. The monoisotopic (exact) mass is 198 g/mol. The average molecular weight is 198 g/mol. The molecule has 1 N–H and O–H groups in total. The highest BCUT2D eigenvalue weighted by Gasteiger charge is 2.38. The summed E-state index contributed by atoms with van der Waals surface area (Å²) in [5.41, 5.74) is 0.381. The van der Waals surface area contributed by atoms with Gasteiger partial charge in [0.25, 0.3) is 0 Å². The van der Waals surface area contributed by atoms with Crippen LogP contribution in [-0.4, -0.2) is 51.3 Å². The standard InChI is InChI=1S/C11H22N2O/c1-12-7-11(5-6-14-9-11)8-13(2)10-3-4-10/h10,12H,3-9H2,1-2H3. The van der Waals surface area contributed by atoms with Gasteiger partial charge in [-0.2, -0.15) is 0 Å². The molecule has 1 unspecified atom stereocenters. The van der Waals surface area contributed by atoms with Gasteiger partial charge in [0.15, 0.2) is 0 Å². The van der Waals surface area contributed by atoms with Crippen molar-refractivity contribution >= 4 is 0 Å². The minimum atomic E-state index is 0.381. The Hall–Kier alpha value is -0.120. The zero-order chi connectivity index (χ0) is 10.0. The summed E-state index contributed by atoms with van der Waals surface area (Å²) >= 11 is 0. The van der Waals surface area contributed by atoms with E-state index in [4.69, 9.17) is 4.74 Å². The largest absolute Gasteiger partial charge is 0.381 e. The zero-order valence-corrected chi connectivity index (χ0v) is 9.38. The van der Waals surface area contributed by atoms with Crippen LogP contribution in [0.2, 0.25) is 0 Å². The first-order valence-electron chi connectivity index (χ1n) is 5.68. The Morgan fingerprint density at radius 2 is 2.29 bits per heavy atom. The van der Waals surface area contributed by atoms with Gasteiger partial charge in [-0.15, -0.1) is 0 Å². The lowest BCUT2D eigenvalue weighted by Crippen LogP contribution is -2.43. The minimum absolute atomic E-state index is 0.381. The van der Waals surface area contributed by atoms with E-state index in [2.05, 4.69) is 17.3 Å². The number of hydrogen-bond donors (Lipinski definition) is 1. The van der Waals surface area contributed by atoms with E-state index >= 15 is 0 Å². The Bertz CT molecular complexity index is 186. The van der Waals surface area contributed by atoms with Crippen molar-refractivity contribution in [2.45, 2.75) is 25.3 Å². The van der Waals surface area contributed by atoms with Crippen LogP contribution in [0.5, 0.6) is 0 Å². The summed E-state index contributed by atoms with van der Waals surface area (Å²) in [5.74, 6) is 0. The third-order valence-corrected chi connectivity index (χ3v) is 3.49. The van der Waals surface area contributed by atoms with E-state index < -0.39 is 0 Å². The number of rotatable bonds is 5. The molecule has 3 heteroatoms. The second-order valence-corrected chi connectivity index (χ2v) is 4.98. The number of ether oxygens (including phenoxy) is 1. The highest BCUT2D eigenvalue weighted by atomic mass is 16.5. The summed E-state index contributed by atoms with van der Waals surface area (Å²) in [6.07, 6.45) is 4.00. The quantitative estimate of drug-likeness (QED) is 0.704. The Morgan fingerprint density at radius 3 is 2.79 bits per heavy atom. The average Bonchev–Trinajstić information content (AvgIpc) is 2.91. The van der Waals surface area contributed by atoms with Crippen molar-refractivity contribution in [3.05, 3.63) is 0 Å². The molecule has 1 aliphatic heterocycles. The molecule has 1 saturated carbocycles. The molecular weight excluding hydrogens is 176 g/mol. The molecule has 0 spiro atoms. The van der Waals surface area contributed by atoms with E-state index in [1.54, 1.807) is 0 Å². The molecule has 2 rings (SSSR count). The van der Waals surface area contributed by atoms with Crippen molar-refractivity contribution in [2.75, 3.05) is 40.4 Å². The fraction of sp³-hybridized carbons (Fsp3) is 1.00. The van der Waals surface area contributed by atoms with Crippen LogP contribution in [0.4, 0.5) is 0 Å². The summed E-state index contributed by atoms with van der Waals surface area (Å²) in [5, 5.41) is 3.31. The van der Waals surface area contributed by atoms with Crippen LogP contribution in [0.15, 0.2) is 0 Å². The van der Waals surface area contributed by atoms with Gasteiger partial charge in [0, 0.05) is 31.2 Å². The molecule has 14 heavy (non-hydrogen) atoms. The SMILES string of the molecule is CNCC1(CN(C)C2CC2)CCOC1. The second-order valence-electron chi connectivity index (χ2n) is 4.98. The molecular formula is C11H22N2O. The van der Waals surface area contributed by atoms with Crippen LogP contribution in [0, 0.1) is 5.41 Å². The summed E-state index contributed by atoms with van der Waals surface area (Å²) in [4.78, 5) is 2.52. The molecule has 82 valence electrons. The molecule has 2 fully saturated rings. The van der Waals surface area contributed by atoms with Crippen molar-refractivity contribution in [1.82, 2.24) is 10.2 Å². The first-order valence-corrected chi connectivity index (χ1v) is 5.68. The Balaban J connectivity index is 1.88. The Morgan fingerprint density at radius 1 is 1.50 bits per heavy atom. The summed E-state index contributed by atoms with van der Waals surface area (Å²) < 4.78 is 5.55. The van der Waals surface area contributed by atoms with Gasteiger partial charge in [0.05, 0.1) is 6.61 Å². The highest BCUT2D eigenvalue weighted by Crippen LogP contribution is 2.33. The normalized spacial score (nSPS) is 32.8. The lowest BCUT2D eigenvalue weighted by molar-refractivity contribution is 0.118. The lowest BCUT2D eigenvalue weighted by Gasteiger charge is -2.32. The van der Waals surface area contributed by atoms with Crippen LogP contribution >= 0.6 is 0 Å². The van der Waals surface area contributed by atoms with Crippen molar-refractivity contribution < 1.29 is 4.74 Å². The van der Waals surface area contributed by atoms with Crippen molar-refractivity contribution in [3.63, 3.8) is 0 Å². The molecule has 3 nitrogen and oxygen atoms in total. The molecule has 1 atom stereocenters. The fourth-order valence-electron chi connectivity index (χ4n) is 2.52. The molecule has 0 radical (unpaired) electrons. The summed E-state index contributed by atoms with van der Waals surface area (Å²) in [6.45, 7) is 4.16. The molecule has 0 bridgehead atoms. The minimum Gasteiger partial charge on any atom is -0.381 e. The van der Waals surface area contributed by atoms with Gasteiger partial charge in [0.1, 0.15) is 0 Å². The van der Waals surface area contributed by atoms with E-state index in [9.17, 15) is 0 Å². The predicted octanol–water partition coefficient (Wildman–Crippen LogP) is 0.707. The van der Waals surface area contributed by atoms with Gasteiger partial charge in [-0.3, -0.25) is 0 Å². The number of nitrogens with one attached hydrogen (secondary N) is 1. The molecule has 1 aliphatic carbocycles. The fourth-order valence-corrected chi connectivity index (χ4v) is 2.52. The maximum atomic E-state index is 5.55. The van der Waals surface area contributed by atoms with E-state index in [1.807, 2.05) is 7.05 Å². The topological polar surface area (TPSA) is 24.5 Å². The zero-order valence-electron chi connectivity index (χ0n) is 9.38. The molecule has 0 aromatic heterocycles. The van der Waals surface area contributed by atoms with Crippen LogP contribution in [-0.2, 0) is 4.74 Å². The van der Waals surface area contributed by atoms with Gasteiger partial charge in [0.2, 0.25) is 0 Å². The van der Waals surface area contributed by atoms with Gasteiger partial charge in [-0.25, -0.2) is 0 Å². The first-order chi connectivity index (χ1) is 6.76. The van der Waals surface area contributed by atoms with Crippen molar-refractivity contribution in [1.29, 1.82) is 0 Å². The van der Waals surface area contributed by atoms with E-state index in [0.29, 0.717) is 5.41 Å². The molecule has 1 heterocycles. The van der Waals surface area contributed by atoms with Crippen LogP contribution in [0.1, 0.15) is 19.3 Å². The smallest absolute Gasteiger partial charge is 0.0547 e. The summed E-state index contributed by atoms with van der Waals surface area (Å²) in [6, 6.07) is 0.865. The summed E-state index contributed by atoms with van der Waals surface area (Å²) in [7, 11) is 4.30. The molecule has 1 saturated heterocycles. The van der Waals surface area contributed by atoms with Crippen molar-refractivity contribution in [2.24, 2.45) is 5.41 Å². The van der Waals surface area contributed by atoms with Gasteiger partial charge in [-0.1, -0.05) is 0 Å². The number of hydrogen-bond acceptors (Lipinski definition) is 3. The van der Waals surface area contributed by atoms with E-state index in [0.717, 1.165) is 25.8 Å². The van der Waals surface area contributed by atoms with Gasteiger partial charge in [-0.05, 0) is 33.4 Å². The molecule has 0 aromatic carbocycles. The maximum Gasteiger partial charge on any atom is 0.0547 e. The molecule has 0 amide bonds. The van der Waals surface area contributed by atoms with Crippen LogP contribution < -0.4 is 5.32 Å². The molecule has 2 aliphatic rings. The number of nitrogens with zero attached hydrogens (tertiary/aromatic N) is 1. The van der Waals surface area contributed by atoms with Crippen molar-refractivity contribution in [3.8, 4) is 0 Å². The van der Waals surface area contributed by atoms with E-state index in [-0.39, 0.29) is 0 Å². The highest BCUT2D eigenvalue weighted by molar-refractivity contribution is 4.91. The van der Waals surface area contributed by atoms with Crippen LogP contribution in [0.3, 0.4) is 0 Å². The third-order valence-electron chi connectivity index (χ3n) is 3.49. The maximum absolute atomic E-state index is 5.55. The third kappa shape index (κ3) is 2.27. The second kappa shape index (κ2) is 4.17.